The number of carbonyl (C=O) groups is 1. The van der Waals surface area contributed by atoms with Gasteiger partial charge in [0.1, 0.15) is 5.82 Å². The van der Waals surface area contributed by atoms with Crippen LogP contribution in [0.25, 0.3) is 0 Å². The first-order valence-electron chi connectivity index (χ1n) is 8.33. The van der Waals surface area contributed by atoms with Crippen LogP contribution >= 0.6 is 0 Å². The Balaban J connectivity index is 1.55. The van der Waals surface area contributed by atoms with Crippen molar-refractivity contribution in [3.8, 4) is 0 Å². The third-order valence-electron chi connectivity index (χ3n) is 4.27. The maximum Gasteiger partial charge on any atom is 0.328 e. The van der Waals surface area contributed by atoms with Gasteiger partial charge in [-0.1, -0.05) is 6.07 Å². The highest BCUT2D eigenvalue weighted by atomic mass is 16.4. The number of nitrogens with one attached hydrogen (secondary N) is 1. The van der Waals surface area contributed by atoms with E-state index in [0.29, 0.717) is 6.54 Å². The Morgan fingerprint density at radius 3 is 2.83 bits per heavy atom. The number of anilines is 1. The minimum atomic E-state index is -0.901. The molecule has 0 spiro atoms. The van der Waals surface area contributed by atoms with Crippen molar-refractivity contribution < 1.29 is 9.90 Å². The molecule has 0 radical (unpaired) electrons. The van der Waals surface area contributed by atoms with Crippen LogP contribution in [0.15, 0.2) is 29.3 Å². The lowest BCUT2D eigenvalue weighted by atomic mass is 10.1. The minimum absolute atomic E-state index is 0.0457. The number of pyridine rings is 1. The van der Waals surface area contributed by atoms with E-state index in [4.69, 9.17) is 5.11 Å². The van der Waals surface area contributed by atoms with Gasteiger partial charge >= 0.3 is 11.7 Å². The van der Waals surface area contributed by atoms with Gasteiger partial charge in [-0.05, 0) is 37.3 Å². The van der Waals surface area contributed by atoms with Crippen molar-refractivity contribution in [3.05, 3.63) is 46.3 Å². The van der Waals surface area contributed by atoms with Gasteiger partial charge in [-0.15, -0.1) is 0 Å². The number of rotatable bonds is 7. The predicted octanol–water partition coefficient (Wildman–Crippen LogP) is 1.51. The summed E-state index contributed by atoms with van der Waals surface area (Å²) in [4.78, 5) is 27.4. The standard InChI is InChI=1S/C17H22N4O3/c22-15(23)7-10-21-12-11-20(17(21)24)9-2-4-14-6-5-13-3-1-8-18-16(13)19-14/h5-6,11-12H,1-4,7-10H2,(H,18,19)(H,22,23). The maximum atomic E-state index is 12.1. The van der Waals surface area contributed by atoms with Gasteiger partial charge in [0.2, 0.25) is 0 Å². The zero-order valence-electron chi connectivity index (χ0n) is 13.6. The highest BCUT2D eigenvalue weighted by Gasteiger charge is 2.10. The fourth-order valence-electron chi connectivity index (χ4n) is 2.95. The van der Waals surface area contributed by atoms with Crippen molar-refractivity contribution in [3.63, 3.8) is 0 Å². The van der Waals surface area contributed by atoms with Crippen LogP contribution in [0.3, 0.4) is 0 Å². The zero-order valence-corrected chi connectivity index (χ0v) is 13.6. The van der Waals surface area contributed by atoms with Crippen LogP contribution in [0.5, 0.6) is 0 Å². The topological polar surface area (TPSA) is 89.2 Å². The van der Waals surface area contributed by atoms with Crippen LogP contribution in [-0.2, 0) is 30.7 Å². The van der Waals surface area contributed by atoms with Crippen LogP contribution in [-0.4, -0.2) is 31.7 Å². The molecule has 1 aliphatic rings. The van der Waals surface area contributed by atoms with Gasteiger partial charge in [-0.2, -0.15) is 0 Å². The van der Waals surface area contributed by atoms with Gasteiger partial charge in [0.25, 0.3) is 0 Å². The maximum absolute atomic E-state index is 12.1. The molecule has 7 nitrogen and oxygen atoms in total. The van der Waals surface area contributed by atoms with Crippen molar-refractivity contribution in [1.82, 2.24) is 14.1 Å². The fraction of sp³-hybridized carbons (Fsp3) is 0.471. The van der Waals surface area contributed by atoms with Crippen LogP contribution in [0.2, 0.25) is 0 Å². The Hall–Kier alpha value is -2.57. The summed E-state index contributed by atoms with van der Waals surface area (Å²) in [6, 6.07) is 4.20. The molecule has 1 aliphatic heterocycles. The highest BCUT2D eigenvalue weighted by molar-refractivity contribution is 5.66. The van der Waals surface area contributed by atoms with E-state index < -0.39 is 5.97 Å². The number of aromatic nitrogens is 3. The number of nitrogens with zero attached hydrogens (tertiary/aromatic N) is 3. The summed E-state index contributed by atoms with van der Waals surface area (Å²) >= 11 is 0. The zero-order chi connectivity index (χ0) is 16.9. The summed E-state index contributed by atoms with van der Waals surface area (Å²) in [5.74, 6) is 0.0949. The van der Waals surface area contributed by atoms with Crippen LogP contribution in [0, 0.1) is 0 Å². The van der Waals surface area contributed by atoms with Crippen molar-refractivity contribution in [2.24, 2.45) is 0 Å². The smallest absolute Gasteiger partial charge is 0.328 e. The molecule has 0 saturated heterocycles. The van der Waals surface area contributed by atoms with E-state index in [1.54, 1.807) is 17.0 Å². The van der Waals surface area contributed by atoms with E-state index in [-0.39, 0.29) is 18.7 Å². The van der Waals surface area contributed by atoms with Gasteiger partial charge in [-0.25, -0.2) is 9.78 Å². The largest absolute Gasteiger partial charge is 0.481 e. The molecule has 0 saturated carbocycles. The van der Waals surface area contributed by atoms with Gasteiger partial charge in [0.05, 0.1) is 6.42 Å². The lowest BCUT2D eigenvalue weighted by molar-refractivity contribution is -0.137. The lowest BCUT2D eigenvalue weighted by Crippen LogP contribution is -2.25. The molecule has 3 heterocycles. The van der Waals surface area contributed by atoms with Crippen molar-refractivity contribution in [2.75, 3.05) is 11.9 Å². The van der Waals surface area contributed by atoms with Crippen molar-refractivity contribution in [2.45, 2.75) is 45.2 Å². The van der Waals surface area contributed by atoms with E-state index in [9.17, 15) is 9.59 Å². The molecule has 0 aliphatic carbocycles. The molecule has 0 aromatic carbocycles. The summed E-state index contributed by atoms with van der Waals surface area (Å²) in [5, 5.41) is 12.0. The number of aliphatic carboxylic acids is 1. The van der Waals surface area contributed by atoms with E-state index >= 15 is 0 Å². The molecule has 0 fully saturated rings. The minimum Gasteiger partial charge on any atom is -0.481 e. The van der Waals surface area contributed by atoms with Crippen molar-refractivity contribution in [1.29, 1.82) is 0 Å². The second-order valence-corrected chi connectivity index (χ2v) is 6.06. The molecule has 7 heteroatoms. The highest BCUT2D eigenvalue weighted by Crippen LogP contribution is 2.20. The first kappa shape index (κ1) is 16.3. The number of carboxylic acids is 1. The number of fused-ring (bicyclic) bond motifs is 1. The molecule has 0 amide bonds. The molecule has 2 aromatic rings. The average molecular weight is 330 g/mol. The monoisotopic (exact) mass is 330 g/mol. The number of aryl methyl sites for hydroxylation is 4. The second-order valence-electron chi connectivity index (χ2n) is 6.06. The summed E-state index contributed by atoms with van der Waals surface area (Å²) in [6.45, 7) is 1.78. The molecule has 0 atom stereocenters. The Bertz CT molecular complexity index is 778. The molecule has 0 bridgehead atoms. The third kappa shape index (κ3) is 3.84. The SMILES string of the molecule is O=C(O)CCn1ccn(CCCc2ccc3c(n2)NCCC3)c1=O. The lowest BCUT2D eigenvalue weighted by Gasteiger charge is -2.17. The Morgan fingerprint density at radius 1 is 1.25 bits per heavy atom. The predicted molar refractivity (Wildman–Crippen MR) is 90.3 cm³/mol. The Kier molecular flexibility index (Phi) is 4.98. The normalized spacial score (nSPS) is 13.3. The van der Waals surface area contributed by atoms with E-state index in [0.717, 1.165) is 43.7 Å². The quantitative estimate of drug-likeness (QED) is 0.803. The molecule has 0 unspecified atom stereocenters. The molecular formula is C17H22N4O3. The molecule has 2 aromatic heterocycles. The first-order valence-corrected chi connectivity index (χ1v) is 8.33. The Morgan fingerprint density at radius 2 is 2.04 bits per heavy atom. The fourth-order valence-corrected chi connectivity index (χ4v) is 2.95. The van der Waals surface area contributed by atoms with E-state index in [1.807, 2.05) is 0 Å². The summed E-state index contributed by atoms with van der Waals surface area (Å²) < 4.78 is 3.06. The van der Waals surface area contributed by atoms with Crippen LogP contribution in [0.1, 0.15) is 30.5 Å². The number of hydrogen-bond donors (Lipinski definition) is 2. The van der Waals surface area contributed by atoms with E-state index in [1.165, 1.54) is 10.1 Å². The number of imidazole rings is 1. The van der Waals surface area contributed by atoms with Gasteiger partial charge in [-0.3, -0.25) is 13.9 Å². The summed E-state index contributed by atoms with van der Waals surface area (Å²) in [6.07, 6.45) is 7.16. The Labute approximate surface area is 140 Å². The third-order valence-corrected chi connectivity index (χ3v) is 4.27. The van der Waals surface area contributed by atoms with Crippen LogP contribution < -0.4 is 11.0 Å². The van der Waals surface area contributed by atoms with Gasteiger partial charge < -0.3 is 10.4 Å². The summed E-state index contributed by atoms with van der Waals surface area (Å²) in [5.41, 5.74) is 2.15. The second kappa shape index (κ2) is 7.33. The van der Waals surface area contributed by atoms with Crippen LogP contribution in [0.4, 0.5) is 5.82 Å². The van der Waals surface area contributed by atoms with Crippen molar-refractivity contribution >= 4 is 11.8 Å². The number of hydrogen-bond acceptors (Lipinski definition) is 4. The molecule has 24 heavy (non-hydrogen) atoms. The molecular weight excluding hydrogens is 308 g/mol. The molecule has 3 rings (SSSR count). The number of carboxylic acid groups (broad SMARTS) is 1. The molecule has 128 valence electrons. The summed E-state index contributed by atoms with van der Waals surface area (Å²) in [7, 11) is 0. The average Bonchev–Trinajstić information content (AvgIpc) is 2.93. The van der Waals surface area contributed by atoms with Gasteiger partial charge in [0, 0.05) is 37.7 Å². The first-order chi connectivity index (χ1) is 11.6. The molecule has 2 N–H and O–H groups in total. The van der Waals surface area contributed by atoms with E-state index in [2.05, 4.69) is 22.4 Å². The van der Waals surface area contributed by atoms with Gasteiger partial charge in [0.15, 0.2) is 0 Å².